The average molecular weight is 323 g/mol. The summed E-state index contributed by atoms with van der Waals surface area (Å²) < 4.78 is 5.18. The van der Waals surface area contributed by atoms with Crippen LogP contribution in [0.25, 0.3) is 0 Å². The third-order valence-electron chi connectivity index (χ3n) is 3.31. The third-order valence-corrected chi connectivity index (χ3v) is 3.31. The highest BCUT2D eigenvalue weighted by atomic mass is 16.5. The number of ether oxygens (including phenoxy) is 1. The monoisotopic (exact) mass is 323 g/mol. The highest BCUT2D eigenvalue weighted by Gasteiger charge is 2.04. The Labute approximate surface area is 142 Å². The van der Waals surface area contributed by atoms with E-state index in [2.05, 4.69) is 22.5 Å². The van der Waals surface area contributed by atoms with Crippen LogP contribution in [0.5, 0.6) is 5.75 Å². The summed E-state index contributed by atoms with van der Waals surface area (Å²) in [6, 6.07) is 14.8. The number of benzene rings is 2. The number of para-hydroxylation sites is 2. The molecule has 0 atom stereocenters. The van der Waals surface area contributed by atoms with Crippen molar-refractivity contribution in [3.05, 3.63) is 54.1 Å². The van der Waals surface area contributed by atoms with E-state index in [1.807, 2.05) is 55.4 Å². The number of nitrogens with one attached hydrogen (secondary N) is 2. The summed E-state index contributed by atoms with van der Waals surface area (Å²) in [6.07, 6.45) is 0. The first-order valence-electron chi connectivity index (χ1n) is 7.54. The second kappa shape index (κ2) is 8.49. The maximum atomic E-state index is 11.9. The van der Waals surface area contributed by atoms with Crippen LogP contribution in [0.2, 0.25) is 0 Å². The molecule has 0 aliphatic heterocycles. The predicted octanol–water partition coefficient (Wildman–Crippen LogP) is 2.93. The van der Waals surface area contributed by atoms with E-state index in [1.165, 1.54) is 0 Å². The van der Waals surface area contributed by atoms with Crippen molar-refractivity contribution in [2.75, 3.05) is 38.0 Å². The minimum Gasteiger partial charge on any atom is -0.495 e. The zero-order valence-electron chi connectivity index (χ0n) is 14.1. The molecule has 0 bridgehead atoms. The summed E-state index contributed by atoms with van der Waals surface area (Å²) in [5, 5.41) is 5.43. The first-order chi connectivity index (χ1) is 11.6. The third kappa shape index (κ3) is 4.96. The van der Waals surface area contributed by atoms with E-state index in [1.54, 1.807) is 19.2 Å². The van der Waals surface area contributed by atoms with Gasteiger partial charge in [-0.1, -0.05) is 24.0 Å². The van der Waals surface area contributed by atoms with Crippen LogP contribution in [0.4, 0.5) is 16.2 Å². The highest BCUT2D eigenvalue weighted by molar-refractivity contribution is 5.91. The molecule has 0 fully saturated rings. The first-order valence-corrected chi connectivity index (χ1v) is 7.54. The fraction of sp³-hybridized carbons (Fsp3) is 0.211. The Hall–Kier alpha value is -3.13. The van der Waals surface area contributed by atoms with Crippen LogP contribution in [0.3, 0.4) is 0 Å². The molecule has 2 aromatic rings. The van der Waals surface area contributed by atoms with Crippen molar-refractivity contribution >= 4 is 17.4 Å². The molecule has 0 spiro atoms. The van der Waals surface area contributed by atoms with Gasteiger partial charge in [-0.2, -0.15) is 0 Å². The fourth-order valence-corrected chi connectivity index (χ4v) is 2.03. The van der Waals surface area contributed by atoms with Crippen molar-refractivity contribution in [1.82, 2.24) is 5.32 Å². The minimum absolute atomic E-state index is 0.260. The average Bonchev–Trinajstić information content (AvgIpc) is 2.59. The number of hydrogen-bond acceptors (Lipinski definition) is 3. The summed E-state index contributed by atoms with van der Waals surface area (Å²) >= 11 is 0. The van der Waals surface area contributed by atoms with Gasteiger partial charge in [0.2, 0.25) is 0 Å². The van der Waals surface area contributed by atoms with Gasteiger partial charge in [0.15, 0.2) is 0 Å². The number of carbonyl (C=O) groups excluding carboxylic acids is 1. The molecule has 5 nitrogen and oxygen atoms in total. The topological polar surface area (TPSA) is 53.6 Å². The first kappa shape index (κ1) is 17.2. The van der Waals surface area contributed by atoms with Gasteiger partial charge in [-0.25, -0.2) is 4.79 Å². The minimum atomic E-state index is -0.322. The molecule has 2 amide bonds. The van der Waals surface area contributed by atoms with Crippen molar-refractivity contribution in [2.24, 2.45) is 0 Å². The van der Waals surface area contributed by atoms with Crippen LogP contribution < -0.4 is 20.3 Å². The summed E-state index contributed by atoms with van der Waals surface area (Å²) in [5.41, 5.74) is 2.65. The molecule has 5 heteroatoms. The highest BCUT2D eigenvalue weighted by Crippen LogP contribution is 2.22. The molecule has 2 rings (SSSR count). The van der Waals surface area contributed by atoms with Gasteiger partial charge < -0.3 is 20.3 Å². The van der Waals surface area contributed by atoms with Gasteiger partial charge in [0.1, 0.15) is 5.75 Å². The number of carbonyl (C=O) groups is 1. The predicted molar refractivity (Wildman–Crippen MR) is 97.7 cm³/mol. The van der Waals surface area contributed by atoms with Crippen LogP contribution >= 0.6 is 0 Å². The lowest BCUT2D eigenvalue weighted by molar-refractivity contribution is 0.253. The number of rotatable bonds is 4. The molecular weight excluding hydrogens is 302 g/mol. The van der Waals surface area contributed by atoms with E-state index < -0.39 is 0 Å². The lowest BCUT2D eigenvalue weighted by atomic mass is 10.2. The van der Waals surface area contributed by atoms with Crippen LogP contribution in [-0.4, -0.2) is 33.8 Å². The largest absolute Gasteiger partial charge is 0.495 e. The zero-order valence-corrected chi connectivity index (χ0v) is 14.1. The van der Waals surface area contributed by atoms with Crippen molar-refractivity contribution in [3.63, 3.8) is 0 Å². The second-order valence-electron chi connectivity index (χ2n) is 5.25. The molecule has 124 valence electrons. The smallest absolute Gasteiger partial charge is 0.320 e. The number of urea groups is 1. The lowest BCUT2D eigenvalue weighted by Crippen LogP contribution is -2.29. The lowest BCUT2D eigenvalue weighted by Gasteiger charge is -2.11. The van der Waals surface area contributed by atoms with E-state index in [4.69, 9.17) is 4.74 Å². The van der Waals surface area contributed by atoms with Crippen LogP contribution in [0.15, 0.2) is 48.5 Å². The van der Waals surface area contributed by atoms with Gasteiger partial charge in [0, 0.05) is 25.3 Å². The van der Waals surface area contributed by atoms with Gasteiger partial charge in [0.05, 0.1) is 19.3 Å². The van der Waals surface area contributed by atoms with Gasteiger partial charge in [-0.05, 0) is 36.4 Å². The van der Waals surface area contributed by atoms with Gasteiger partial charge in [-0.3, -0.25) is 0 Å². The molecule has 0 saturated heterocycles. The van der Waals surface area contributed by atoms with Crippen LogP contribution in [0, 0.1) is 11.8 Å². The molecule has 0 unspecified atom stereocenters. The summed E-state index contributed by atoms with van der Waals surface area (Å²) in [5.74, 6) is 6.56. The molecule has 2 aromatic carbocycles. The van der Waals surface area contributed by atoms with Crippen LogP contribution in [-0.2, 0) is 0 Å². The number of anilines is 2. The molecule has 24 heavy (non-hydrogen) atoms. The Balaban J connectivity index is 1.85. The van der Waals surface area contributed by atoms with Crippen molar-refractivity contribution in [2.45, 2.75) is 0 Å². The van der Waals surface area contributed by atoms with Crippen molar-refractivity contribution in [3.8, 4) is 17.6 Å². The number of methoxy groups -OCH3 is 1. The molecule has 0 saturated carbocycles. The van der Waals surface area contributed by atoms with E-state index in [-0.39, 0.29) is 12.6 Å². The molecule has 0 aliphatic carbocycles. The Bertz CT molecular complexity index is 743. The molecule has 0 heterocycles. The van der Waals surface area contributed by atoms with Gasteiger partial charge in [0.25, 0.3) is 0 Å². The Morgan fingerprint density at radius 1 is 1.12 bits per heavy atom. The summed E-state index contributed by atoms with van der Waals surface area (Å²) in [7, 11) is 5.54. The van der Waals surface area contributed by atoms with E-state index in [9.17, 15) is 4.79 Å². The van der Waals surface area contributed by atoms with E-state index in [0.29, 0.717) is 11.4 Å². The maximum absolute atomic E-state index is 11.9. The Morgan fingerprint density at radius 2 is 1.83 bits per heavy atom. The van der Waals surface area contributed by atoms with Gasteiger partial charge in [-0.15, -0.1) is 0 Å². The zero-order chi connectivity index (χ0) is 17.4. The SMILES string of the molecule is COc1ccccc1NC(=O)NCC#Cc1ccc(N(C)C)cc1. The molecule has 2 N–H and O–H groups in total. The number of hydrogen-bond donors (Lipinski definition) is 2. The summed E-state index contributed by atoms with van der Waals surface area (Å²) in [6.45, 7) is 0.260. The second-order valence-corrected chi connectivity index (χ2v) is 5.25. The van der Waals surface area contributed by atoms with E-state index >= 15 is 0 Å². The molecule has 0 aromatic heterocycles. The molecule has 0 aliphatic rings. The quantitative estimate of drug-likeness (QED) is 0.851. The van der Waals surface area contributed by atoms with Crippen molar-refractivity contribution < 1.29 is 9.53 Å². The van der Waals surface area contributed by atoms with Gasteiger partial charge >= 0.3 is 6.03 Å². The molecular formula is C19H21N3O2. The van der Waals surface area contributed by atoms with Crippen LogP contribution in [0.1, 0.15) is 5.56 Å². The molecule has 0 radical (unpaired) electrons. The number of nitrogens with zero attached hydrogens (tertiary/aromatic N) is 1. The Kier molecular flexibility index (Phi) is 6.09. The summed E-state index contributed by atoms with van der Waals surface area (Å²) in [4.78, 5) is 13.9. The standard InChI is InChI=1S/C19H21N3O2/c1-22(2)16-12-10-15(11-13-16)7-6-14-20-19(23)21-17-8-4-5-9-18(17)24-3/h4-5,8-13H,14H2,1-3H3,(H2,20,21,23). The normalized spacial score (nSPS) is 9.46. The van der Waals surface area contributed by atoms with Crippen molar-refractivity contribution in [1.29, 1.82) is 0 Å². The fourth-order valence-electron chi connectivity index (χ4n) is 2.03. The maximum Gasteiger partial charge on any atom is 0.320 e. The number of amides is 2. The van der Waals surface area contributed by atoms with E-state index in [0.717, 1.165) is 11.3 Å². The Morgan fingerprint density at radius 3 is 2.50 bits per heavy atom.